The molecule has 2 aromatic carbocycles. The van der Waals surface area contributed by atoms with Crippen molar-refractivity contribution < 1.29 is 35.1 Å². The quantitative estimate of drug-likeness (QED) is 0.257. The molecule has 1 aliphatic rings. The Hall–Kier alpha value is -1.99. The van der Waals surface area contributed by atoms with Gasteiger partial charge in [0.25, 0.3) is 0 Å². The molecule has 1 aliphatic heterocycles. The summed E-state index contributed by atoms with van der Waals surface area (Å²) >= 11 is 3.07. The first-order chi connectivity index (χ1) is 15.8. The number of hydrogen-bond donors (Lipinski definition) is 6. The Balaban J connectivity index is 1.67. The smallest absolute Gasteiger partial charge is 0.249 e. The number of benzene rings is 2. The van der Waals surface area contributed by atoms with Crippen molar-refractivity contribution in [1.82, 2.24) is 4.90 Å². The molecule has 0 spiro atoms. The van der Waals surface area contributed by atoms with Crippen molar-refractivity contribution in [3.63, 3.8) is 0 Å². The van der Waals surface area contributed by atoms with E-state index in [-0.39, 0.29) is 11.5 Å². The van der Waals surface area contributed by atoms with Crippen LogP contribution in [0.15, 0.2) is 58.3 Å². The summed E-state index contributed by atoms with van der Waals surface area (Å²) in [4.78, 5) is 15.4. The van der Waals surface area contributed by atoms with E-state index in [1.807, 2.05) is 0 Å². The second-order valence-electron chi connectivity index (χ2n) is 7.54. The van der Waals surface area contributed by atoms with Gasteiger partial charge < -0.3 is 36.0 Å². The molecule has 0 aliphatic carbocycles. The lowest BCUT2D eigenvalue weighted by molar-refractivity contribution is -0.252. The summed E-state index contributed by atoms with van der Waals surface area (Å²) in [5.41, 5.74) is 5.32. The van der Waals surface area contributed by atoms with Gasteiger partial charge in [0.2, 0.25) is 5.91 Å². The minimum absolute atomic E-state index is 0.177. The second kappa shape index (κ2) is 11.9. The van der Waals surface area contributed by atoms with Crippen LogP contribution < -0.4 is 5.73 Å². The van der Waals surface area contributed by atoms with Crippen LogP contribution in [0.25, 0.3) is 0 Å². The fourth-order valence-electron chi connectivity index (χ4n) is 3.41. The Morgan fingerprint density at radius 3 is 1.70 bits per heavy atom. The number of aliphatic hydroxyl groups is 3. The number of phenolic OH excluding ortho intramolecular Hbond substituents is 2. The molecular formula is C22H28N2O7S2. The number of nitrogens with two attached hydrogens (primary N) is 1. The van der Waals surface area contributed by atoms with E-state index in [1.54, 1.807) is 53.4 Å². The van der Waals surface area contributed by atoms with Crippen LogP contribution in [-0.2, 0) is 9.53 Å². The number of thioether (sulfide) groups is 2. The first kappa shape index (κ1) is 25.6. The molecule has 7 N–H and O–H groups in total. The zero-order chi connectivity index (χ0) is 24.0. The van der Waals surface area contributed by atoms with Gasteiger partial charge >= 0.3 is 0 Å². The lowest BCUT2D eigenvalue weighted by atomic mass is 9.97. The topological polar surface area (TPSA) is 157 Å². The molecule has 0 bridgehead atoms. The maximum absolute atomic E-state index is 11.7. The van der Waals surface area contributed by atoms with E-state index in [9.17, 15) is 30.3 Å². The van der Waals surface area contributed by atoms with Gasteiger partial charge in [-0.3, -0.25) is 9.69 Å². The van der Waals surface area contributed by atoms with Gasteiger partial charge in [0, 0.05) is 34.4 Å². The van der Waals surface area contributed by atoms with Crippen LogP contribution in [0, 0.1) is 0 Å². The molecule has 5 atom stereocenters. The van der Waals surface area contributed by atoms with Gasteiger partial charge in [0.05, 0.1) is 0 Å². The largest absolute Gasteiger partial charge is 0.508 e. The molecule has 9 nitrogen and oxygen atoms in total. The van der Waals surface area contributed by atoms with Crippen LogP contribution in [0.1, 0.15) is 0 Å². The molecular weight excluding hydrogens is 468 g/mol. The average molecular weight is 497 g/mol. The number of nitrogens with zero attached hydrogens (tertiary/aromatic N) is 1. The van der Waals surface area contributed by atoms with Gasteiger partial charge in [-0.15, -0.1) is 23.5 Å². The van der Waals surface area contributed by atoms with Gasteiger partial charge in [-0.2, -0.15) is 0 Å². The lowest BCUT2D eigenvalue weighted by Gasteiger charge is -2.44. The number of carbonyl (C=O) groups is 1. The molecule has 33 heavy (non-hydrogen) atoms. The number of phenols is 2. The highest BCUT2D eigenvalue weighted by Gasteiger charge is 2.47. The average Bonchev–Trinajstić information content (AvgIpc) is 2.79. The highest BCUT2D eigenvalue weighted by Crippen LogP contribution is 2.27. The summed E-state index contributed by atoms with van der Waals surface area (Å²) in [6.45, 7) is 0.884. The van der Waals surface area contributed by atoms with Crippen molar-refractivity contribution in [2.24, 2.45) is 5.73 Å². The van der Waals surface area contributed by atoms with Crippen LogP contribution in [0.3, 0.4) is 0 Å². The summed E-state index contributed by atoms with van der Waals surface area (Å²) in [5, 5.41) is 49.8. The highest BCUT2D eigenvalue weighted by molar-refractivity contribution is 7.99. The number of aromatic hydroxyl groups is 2. The molecule has 1 amide bonds. The third kappa shape index (κ3) is 7.00. The summed E-state index contributed by atoms with van der Waals surface area (Å²) in [6.07, 6.45) is -7.12. The molecule has 0 saturated carbocycles. The van der Waals surface area contributed by atoms with E-state index in [4.69, 9.17) is 10.5 Å². The number of carbonyl (C=O) groups excluding carboxylic acids is 1. The van der Waals surface area contributed by atoms with Crippen molar-refractivity contribution in [1.29, 1.82) is 0 Å². The number of amides is 1. The summed E-state index contributed by atoms with van der Waals surface area (Å²) in [7, 11) is 0. The Morgan fingerprint density at radius 2 is 1.27 bits per heavy atom. The third-order valence-electron chi connectivity index (χ3n) is 5.20. The zero-order valence-electron chi connectivity index (χ0n) is 17.7. The van der Waals surface area contributed by atoms with E-state index in [2.05, 4.69) is 0 Å². The van der Waals surface area contributed by atoms with Crippen molar-refractivity contribution in [3.8, 4) is 11.5 Å². The monoisotopic (exact) mass is 496 g/mol. The van der Waals surface area contributed by atoms with Crippen LogP contribution in [0.4, 0.5) is 0 Å². The minimum Gasteiger partial charge on any atom is -0.508 e. The third-order valence-corrected chi connectivity index (χ3v) is 7.18. The molecule has 11 heteroatoms. The van der Waals surface area contributed by atoms with Crippen molar-refractivity contribution in [2.45, 2.75) is 40.4 Å². The van der Waals surface area contributed by atoms with Gasteiger partial charge in [0.1, 0.15) is 36.0 Å². The van der Waals surface area contributed by atoms with E-state index in [1.165, 1.54) is 23.5 Å². The molecule has 3 rings (SSSR count). The SMILES string of the molecule is NC(=O)C1OC(N(CCSc2ccc(O)cc2)CCSc2ccc(O)cc2)C(O)C(O)C1O. The fourth-order valence-corrected chi connectivity index (χ4v) is 5.19. The number of aliphatic hydroxyl groups excluding tert-OH is 3. The van der Waals surface area contributed by atoms with Crippen LogP contribution >= 0.6 is 23.5 Å². The van der Waals surface area contributed by atoms with E-state index in [0.717, 1.165) is 9.79 Å². The standard InChI is InChI=1S/C22H28N2O7S2/c23-21(30)20-18(28)17(27)19(29)22(31-20)24(9-11-32-15-5-1-13(25)2-6-15)10-12-33-16-7-3-14(26)4-8-16/h1-8,17-20,22,25-29H,9-12H2,(H2,23,30). The first-order valence-electron chi connectivity index (χ1n) is 10.3. The van der Waals surface area contributed by atoms with Crippen LogP contribution in [0.5, 0.6) is 11.5 Å². The van der Waals surface area contributed by atoms with Gasteiger partial charge in [-0.1, -0.05) is 0 Å². The summed E-state index contributed by atoms with van der Waals surface area (Å²) in [6, 6.07) is 13.5. The number of rotatable bonds is 10. The summed E-state index contributed by atoms with van der Waals surface area (Å²) in [5.74, 6) is 0.629. The fraction of sp³-hybridized carbons (Fsp3) is 0.409. The maximum atomic E-state index is 11.7. The molecule has 0 aromatic heterocycles. The Labute approximate surface area is 200 Å². The highest BCUT2D eigenvalue weighted by atomic mass is 32.2. The van der Waals surface area contributed by atoms with E-state index < -0.39 is 36.6 Å². The molecule has 1 saturated heterocycles. The van der Waals surface area contributed by atoms with Gasteiger partial charge in [0.15, 0.2) is 6.10 Å². The number of primary amides is 1. The Kier molecular flexibility index (Phi) is 9.27. The minimum atomic E-state index is -1.62. The Bertz CT molecular complexity index is 849. The normalized spacial score (nSPS) is 25.3. The lowest BCUT2D eigenvalue weighted by Crippen LogP contribution is -2.65. The number of ether oxygens (including phenoxy) is 1. The second-order valence-corrected chi connectivity index (χ2v) is 9.88. The molecule has 1 heterocycles. The number of hydrogen-bond acceptors (Lipinski definition) is 10. The van der Waals surface area contributed by atoms with Crippen LogP contribution in [0.2, 0.25) is 0 Å². The van der Waals surface area contributed by atoms with E-state index >= 15 is 0 Å². The van der Waals surface area contributed by atoms with Crippen LogP contribution in [-0.4, -0.2) is 91.6 Å². The van der Waals surface area contributed by atoms with E-state index in [0.29, 0.717) is 24.6 Å². The molecule has 2 aromatic rings. The van der Waals surface area contributed by atoms with Gasteiger partial charge in [-0.05, 0) is 48.5 Å². The van der Waals surface area contributed by atoms with Crippen molar-refractivity contribution in [3.05, 3.63) is 48.5 Å². The Morgan fingerprint density at radius 1 is 0.818 bits per heavy atom. The predicted molar refractivity (Wildman–Crippen MR) is 125 cm³/mol. The van der Waals surface area contributed by atoms with Gasteiger partial charge in [-0.25, -0.2) is 0 Å². The molecule has 1 fully saturated rings. The maximum Gasteiger partial charge on any atom is 0.249 e. The van der Waals surface area contributed by atoms with Crippen molar-refractivity contribution in [2.75, 3.05) is 24.6 Å². The summed E-state index contributed by atoms with van der Waals surface area (Å²) < 4.78 is 5.65. The molecule has 180 valence electrons. The molecule has 5 unspecified atom stereocenters. The first-order valence-corrected chi connectivity index (χ1v) is 12.3. The predicted octanol–water partition coefficient (Wildman–Crippen LogP) is 0.577. The van der Waals surface area contributed by atoms with Crippen molar-refractivity contribution >= 4 is 29.4 Å². The molecule has 0 radical (unpaired) electrons. The zero-order valence-corrected chi connectivity index (χ0v) is 19.4.